The second kappa shape index (κ2) is 9.10. The van der Waals surface area contributed by atoms with Gasteiger partial charge in [-0.05, 0) is 58.2 Å². The number of fused-ring (bicyclic) bond motifs is 1. The van der Waals surface area contributed by atoms with Crippen molar-refractivity contribution in [3.05, 3.63) is 23.9 Å². The summed E-state index contributed by atoms with van der Waals surface area (Å²) >= 11 is 0. The van der Waals surface area contributed by atoms with Crippen molar-refractivity contribution in [2.45, 2.75) is 46.1 Å². The number of piperidine rings is 1. The summed E-state index contributed by atoms with van der Waals surface area (Å²) in [5, 5.41) is 3.70. The van der Waals surface area contributed by atoms with Crippen LogP contribution in [0.15, 0.2) is 18.2 Å². The van der Waals surface area contributed by atoms with Crippen molar-refractivity contribution in [1.82, 2.24) is 4.98 Å². The van der Waals surface area contributed by atoms with Gasteiger partial charge in [0.25, 0.3) is 5.91 Å². The van der Waals surface area contributed by atoms with E-state index in [1.807, 2.05) is 25.1 Å². The van der Waals surface area contributed by atoms with E-state index in [-0.39, 0.29) is 18.2 Å². The molecule has 1 fully saturated rings. The zero-order valence-electron chi connectivity index (χ0n) is 16.9. The summed E-state index contributed by atoms with van der Waals surface area (Å²) in [5.41, 5.74) is 1.48. The van der Waals surface area contributed by atoms with Crippen molar-refractivity contribution in [2.24, 2.45) is 0 Å². The number of esters is 1. The van der Waals surface area contributed by atoms with Crippen LogP contribution >= 0.6 is 0 Å². The van der Waals surface area contributed by atoms with E-state index >= 15 is 0 Å². The van der Waals surface area contributed by atoms with Crippen LogP contribution in [0.3, 0.4) is 0 Å². The maximum absolute atomic E-state index is 12.8. The van der Waals surface area contributed by atoms with Gasteiger partial charge in [-0.15, -0.1) is 0 Å². The third-order valence-electron chi connectivity index (χ3n) is 5.29. The number of benzene rings is 1. The van der Waals surface area contributed by atoms with Crippen molar-refractivity contribution >= 4 is 28.5 Å². The number of amides is 1. The largest absolute Gasteiger partial charge is 0.494 e. The standard InChI is InChI=1S/C21H29N3O4/c1-4-27-15-9-10-17-16(12-15)19(20(22-17)21(26)28-5-2)23-18(25)13-24-11-7-6-8-14(24)3/h9-10,12,14,22H,4-8,11,13H2,1-3H3,(H,23,25)/p+1/t14-/m1/s1. The minimum absolute atomic E-state index is 0.1000. The molecule has 0 bridgehead atoms. The first-order valence-electron chi connectivity index (χ1n) is 10.1. The number of carbonyl (C=O) groups excluding carboxylic acids is 2. The lowest BCUT2D eigenvalue weighted by atomic mass is 10.0. The molecule has 1 aliphatic heterocycles. The fraction of sp³-hybridized carbons (Fsp3) is 0.524. The van der Waals surface area contributed by atoms with E-state index in [9.17, 15) is 9.59 Å². The summed E-state index contributed by atoms with van der Waals surface area (Å²) in [6, 6.07) is 5.99. The van der Waals surface area contributed by atoms with E-state index < -0.39 is 5.97 Å². The second-order valence-corrected chi connectivity index (χ2v) is 7.27. The average Bonchev–Trinajstić information content (AvgIpc) is 3.02. The van der Waals surface area contributed by atoms with Crippen LogP contribution in [0.2, 0.25) is 0 Å². The number of rotatable bonds is 7. The number of nitrogens with one attached hydrogen (secondary N) is 3. The molecule has 1 unspecified atom stereocenters. The van der Waals surface area contributed by atoms with Gasteiger partial charge in [-0.25, -0.2) is 4.79 Å². The number of carbonyl (C=O) groups is 2. The van der Waals surface area contributed by atoms with Crippen molar-refractivity contribution in [2.75, 3.05) is 31.6 Å². The SMILES string of the molecule is CCOC(=O)c1[nH]c2ccc(OCC)cc2c1NC(=O)C[NH+]1CCCC[C@H]1C. The lowest BCUT2D eigenvalue weighted by Crippen LogP contribution is -3.17. The first kappa shape index (κ1) is 20.2. The van der Waals surface area contributed by atoms with Crippen LogP contribution in [0, 0.1) is 0 Å². The molecule has 0 spiro atoms. The highest BCUT2D eigenvalue weighted by molar-refractivity contribution is 6.11. The number of H-pyrrole nitrogens is 1. The predicted octanol–water partition coefficient (Wildman–Crippen LogP) is 2.14. The van der Waals surface area contributed by atoms with Crippen molar-refractivity contribution in [3.8, 4) is 5.75 Å². The fourth-order valence-electron chi connectivity index (χ4n) is 3.82. The third-order valence-corrected chi connectivity index (χ3v) is 5.29. The van der Waals surface area contributed by atoms with Gasteiger partial charge in [0.05, 0.1) is 31.5 Å². The van der Waals surface area contributed by atoms with E-state index in [1.54, 1.807) is 6.92 Å². The highest BCUT2D eigenvalue weighted by Gasteiger charge is 2.26. The van der Waals surface area contributed by atoms with Gasteiger partial charge in [-0.2, -0.15) is 0 Å². The molecule has 2 atom stereocenters. The van der Waals surface area contributed by atoms with Gasteiger partial charge in [0.15, 0.2) is 6.54 Å². The molecule has 7 nitrogen and oxygen atoms in total. The molecule has 28 heavy (non-hydrogen) atoms. The van der Waals surface area contributed by atoms with E-state index in [2.05, 4.69) is 17.2 Å². The number of hydrogen-bond donors (Lipinski definition) is 3. The smallest absolute Gasteiger partial charge is 0.356 e. The van der Waals surface area contributed by atoms with Gasteiger partial charge in [0.1, 0.15) is 11.4 Å². The Morgan fingerprint density at radius 2 is 2.07 bits per heavy atom. The predicted molar refractivity (Wildman–Crippen MR) is 108 cm³/mol. The number of ether oxygens (including phenoxy) is 2. The number of likely N-dealkylation sites (tertiary alicyclic amines) is 1. The van der Waals surface area contributed by atoms with Crippen LogP contribution in [-0.2, 0) is 9.53 Å². The summed E-state index contributed by atoms with van der Waals surface area (Å²) < 4.78 is 10.7. The second-order valence-electron chi connectivity index (χ2n) is 7.27. The maximum atomic E-state index is 12.8. The van der Waals surface area contributed by atoms with E-state index in [0.29, 0.717) is 30.6 Å². The topological polar surface area (TPSA) is 84.9 Å². The molecule has 7 heteroatoms. The van der Waals surface area contributed by atoms with Gasteiger partial charge in [-0.1, -0.05) is 0 Å². The Labute approximate surface area is 165 Å². The zero-order chi connectivity index (χ0) is 20.1. The summed E-state index contributed by atoms with van der Waals surface area (Å²) in [6.07, 6.45) is 3.51. The van der Waals surface area contributed by atoms with Crippen molar-refractivity contribution in [3.63, 3.8) is 0 Å². The van der Waals surface area contributed by atoms with Gasteiger partial charge >= 0.3 is 5.97 Å². The highest BCUT2D eigenvalue weighted by atomic mass is 16.5. The van der Waals surface area contributed by atoms with E-state index in [0.717, 1.165) is 30.3 Å². The van der Waals surface area contributed by atoms with Crippen LogP contribution in [-0.4, -0.2) is 49.2 Å². The minimum Gasteiger partial charge on any atom is -0.494 e. The highest BCUT2D eigenvalue weighted by Crippen LogP contribution is 2.31. The minimum atomic E-state index is -0.481. The monoisotopic (exact) mass is 388 g/mol. The molecule has 0 radical (unpaired) electrons. The Kier molecular flexibility index (Phi) is 6.57. The van der Waals surface area contributed by atoms with Crippen LogP contribution in [0.5, 0.6) is 5.75 Å². The van der Waals surface area contributed by atoms with Gasteiger partial charge in [0.2, 0.25) is 0 Å². The first-order chi connectivity index (χ1) is 13.5. The van der Waals surface area contributed by atoms with Crippen LogP contribution in [0.1, 0.15) is 50.5 Å². The summed E-state index contributed by atoms with van der Waals surface area (Å²) in [5.74, 6) is 0.109. The molecule has 2 aromatic rings. The molecule has 0 aliphatic carbocycles. The zero-order valence-corrected chi connectivity index (χ0v) is 16.9. The maximum Gasteiger partial charge on any atom is 0.356 e. The molecule has 3 N–H and O–H groups in total. The lowest BCUT2D eigenvalue weighted by molar-refractivity contribution is -0.920. The van der Waals surface area contributed by atoms with Gasteiger partial charge in [-0.3, -0.25) is 4.79 Å². The Morgan fingerprint density at radius 3 is 2.79 bits per heavy atom. The van der Waals surface area contributed by atoms with Crippen molar-refractivity contribution < 1.29 is 24.0 Å². The molecular weight excluding hydrogens is 358 g/mol. The molecule has 1 amide bonds. The number of hydrogen-bond acceptors (Lipinski definition) is 4. The normalized spacial score (nSPS) is 19.4. The fourth-order valence-corrected chi connectivity index (χ4v) is 3.82. The quantitative estimate of drug-likeness (QED) is 0.635. The summed E-state index contributed by atoms with van der Waals surface area (Å²) in [4.78, 5) is 29.6. The van der Waals surface area contributed by atoms with E-state index in [1.165, 1.54) is 11.3 Å². The average molecular weight is 388 g/mol. The Bertz CT molecular complexity index is 846. The Hall–Kier alpha value is -2.54. The summed E-state index contributed by atoms with van der Waals surface area (Å²) in [7, 11) is 0. The molecular formula is C21H30N3O4+. The lowest BCUT2D eigenvalue weighted by Gasteiger charge is -2.29. The number of aromatic nitrogens is 1. The summed E-state index contributed by atoms with van der Waals surface area (Å²) in [6.45, 7) is 8.05. The molecule has 3 rings (SSSR count). The van der Waals surface area contributed by atoms with Crippen molar-refractivity contribution in [1.29, 1.82) is 0 Å². The van der Waals surface area contributed by atoms with Gasteiger partial charge in [0, 0.05) is 10.9 Å². The number of aromatic amines is 1. The van der Waals surface area contributed by atoms with Gasteiger partial charge < -0.3 is 24.7 Å². The third kappa shape index (κ3) is 4.47. The molecule has 152 valence electrons. The first-order valence-corrected chi connectivity index (χ1v) is 10.1. The molecule has 2 heterocycles. The van der Waals surface area contributed by atoms with Crippen LogP contribution < -0.4 is 15.0 Å². The molecule has 1 saturated heterocycles. The number of quaternary nitrogens is 1. The van der Waals surface area contributed by atoms with Crippen LogP contribution in [0.4, 0.5) is 5.69 Å². The van der Waals surface area contributed by atoms with Crippen LogP contribution in [0.25, 0.3) is 10.9 Å². The Morgan fingerprint density at radius 1 is 1.25 bits per heavy atom. The van der Waals surface area contributed by atoms with E-state index in [4.69, 9.17) is 9.47 Å². The molecule has 0 saturated carbocycles. The molecule has 1 aliphatic rings. The molecule has 1 aromatic carbocycles. The molecule has 1 aromatic heterocycles. The number of anilines is 1. The Balaban J connectivity index is 1.89.